The lowest BCUT2D eigenvalue weighted by atomic mass is 10.0. The number of quaternary nitrogens is 1. The van der Waals surface area contributed by atoms with Crippen LogP contribution in [0.15, 0.2) is 12.2 Å². The minimum absolute atomic E-state index is 0.229. The molecule has 0 bridgehead atoms. The van der Waals surface area contributed by atoms with Crippen molar-refractivity contribution in [1.82, 2.24) is 0 Å². The molecule has 0 saturated heterocycles. The molecule has 0 aliphatic heterocycles. The van der Waals surface area contributed by atoms with Crippen molar-refractivity contribution in [3.63, 3.8) is 0 Å². The van der Waals surface area contributed by atoms with E-state index < -0.39 is 19.5 Å². The van der Waals surface area contributed by atoms with E-state index in [4.69, 9.17) is 9.26 Å². The fraction of sp³-hybridized carbons (Fsp3) is 0.909. The Morgan fingerprint density at radius 1 is 0.732 bits per heavy atom. The summed E-state index contributed by atoms with van der Waals surface area (Å²) in [6, 6.07) is 0. The lowest BCUT2D eigenvalue weighted by Gasteiger charge is -2.35. The summed E-state index contributed by atoms with van der Waals surface area (Å²) < 4.78 is 23.1. The molecule has 0 radical (unpaired) electrons. The fourth-order valence-electron chi connectivity index (χ4n) is 5.21. The van der Waals surface area contributed by atoms with Gasteiger partial charge in [-0.25, -0.2) is 0 Å². The number of unbranched alkanes of at least 4 members (excludes halogenated alkanes) is 17. The Hall–Kier alpha value is -0.720. The van der Waals surface area contributed by atoms with Gasteiger partial charge in [0.05, 0.1) is 27.7 Å². The number of carbonyl (C=O) groups excluding carboxylic acids is 1. The van der Waals surface area contributed by atoms with Crippen LogP contribution in [0.25, 0.3) is 0 Å². The van der Waals surface area contributed by atoms with Crippen molar-refractivity contribution in [2.24, 2.45) is 0 Å². The monoisotopic (exact) mass is 604 g/mol. The van der Waals surface area contributed by atoms with Crippen molar-refractivity contribution in [3.8, 4) is 0 Å². The first-order chi connectivity index (χ1) is 19.5. The van der Waals surface area contributed by atoms with Gasteiger partial charge in [-0.15, -0.1) is 0 Å². The lowest BCUT2D eigenvalue weighted by Crippen LogP contribution is -2.45. The topological polar surface area (TPSA) is 93.1 Å². The zero-order valence-electron chi connectivity index (χ0n) is 27.5. The third kappa shape index (κ3) is 24.4. The predicted molar refractivity (Wildman–Crippen MR) is 172 cm³/mol. The highest BCUT2D eigenvalue weighted by atomic mass is 31.2. The summed E-state index contributed by atoms with van der Waals surface area (Å²) in [6.45, 7) is 3.54. The second kappa shape index (κ2) is 25.7. The van der Waals surface area contributed by atoms with Gasteiger partial charge in [-0.1, -0.05) is 116 Å². The van der Waals surface area contributed by atoms with Crippen molar-refractivity contribution in [2.45, 2.75) is 161 Å². The van der Waals surface area contributed by atoms with Crippen LogP contribution < -0.4 is 0 Å². The Labute approximate surface area is 253 Å². The molecule has 8 heteroatoms. The Morgan fingerprint density at radius 3 is 1.61 bits per heavy atom. The van der Waals surface area contributed by atoms with E-state index in [9.17, 15) is 19.4 Å². The maximum atomic E-state index is 12.5. The van der Waals surface area contributed by atoms with E-state index in [-0.39, 0.29) is 23.7 Å². The standard InChI is InChI=1S/C33H66NO6P/c1-6-8-9-10-11-12-13-14-15-16-17-18-19-20-21-22-23-24-25-26-27-28-33(36)39-29-31(35)30-40-41(37,38)32(7-2)34(3,4)5/h19-20,31-32,35H,6-18,21-30H2,1-5H3/p+1/b20-19-/t31-,32?/m1/s1. The minimum atomic E-state index is -3.91. The first-order valence-electron chi connectivity index (χ1n) is 16.8. The molecule has 0 aromatic carbocycles. The number of nitrogens with zero attached hydrogens (tertiary/aromatic N) is 1. The molecule has 2 N–H and O–H groups in total. The van der Waals surface area contributed by atoms with Crippen LogP contribution in [0.5, 0.6) is 0 Å². The van der Waals surface area contributed by atoms with Gasteiger partial charge in [-0.05, 0) is 32.1 Å². The van der Waals surface area contributed by atoms with E-state index in [2.05, 4.69) is 19.1 Å². The summed E-state index contributed by atoms with van der Waals surface area (Å²) in [5.41, 5.74) is 0. The molecule has 0 aromatic rings. The van der Waals surface area contributed by atoms with Crippen LogP contribution >= 0.6 is 7.60 Å². The molecule has 0 aliphatic carbocycles. The number of hydrogen-bond acceptors (Lipinski definition) is 5. The van der Waals surface area contributed by atoms with Crippen molar-refractivity contribution in [1.29, 1.82) is 0 Å². The average Bonchev–Trinajstić information content (AvgIpc) is 2.91. The van der Waals surface area contributed by atoms with Gasteiger partial charge < -0.3 is 23.7 Å². The fourth-order valence-corrected chi connectivity index (χ4v) is 7.10. The molecule has 0 spiro atoms. The molecule has 3 atom stereocenters. The van der Waals surface area contributed by atoms with Gasteiger partial charge in [-0.3, -0.25) is 9.36 Å². The van der Waals surface area contributed by atoms with Crippen molar-refractivity contribution in [3.05, 3.63) is 12.2 Å². The van der Waals surface area contributed by atoms with Crippen LogP contribution in [0.4, 0.5) is 0 Å². The maximum Gasteiger partial charge on any atom is 0.385 e. The summed E-state index contributed by atoms with van der Waals surface area (Å²) in [6.07, 6.45) is 28.6. The summed E-state index contributed by atoms with van der Waals surface area (Å²) in [5, 5.41) is 10.0. The van der Waals surface area contributed by atoms with E-state index in [1.165, 1.54) is 96.3 Å². The number of aliphatic hydroxyl groups excluding tert-OH is 1. The molecule has 2 unspecified atom stereocenters. The van der Waals surface area contributed by atoms with Crippen LogP contribution in [0.2, 0.25) is 0 Å². The molecule has 0 fully saturated rings. The lowest BCUT2D eigenvalue weighted by molar-refractivity contribution is -0.883. The molecule has 244 valence electrons. The molecule has 0 saturated carbocycles. The van der Waals surface area contributed by atoms with Crippen LogP contribution in [0.3, 0.4) is 0 Å². The van der Waals surface area contributed by atoms with Gasteiger partial charge in [0.15, 0.2) is 5.78 Å². The third-order valence-corrected chi connectivity index (χ3v) is 10.00. The van der Waals surface area contributed by atoms with E-state index in [0.717, 1.165) is 25.7 Å². The molecule has 0 aromatic heterocycles. The normalized spacial score (nSPS) is 15.2. The van der Waals surface area contributed by atoms with Gasteiger partial charge in [0.2, 0.25) is 0 Å². The summed E-state index contributed by atoms with van der Waals surface area (Å²) >= 11 is 0. The van der Waals surface area contributed by atoms with E-state index >= 15 is 0 Å². The van der Waals surface area contributed by atoms with Crippen LogP contribution in [-0.4, -0.2) is 66.7 Å². The highest BCUT2D eigenvalue weighted by molar-refractivity contribution is 7.53. The number of rotatable bonds is 29. The van der Waals surface area contributed by atoms with Gasteiger partial charge in [0.25, 0.3) is 0 Å². The second-order valence-electron chi connectivity index (χ2n) is 12.7. The quantitative estimate of drug-likeness (QED) is 0.0291. The van der Waals surface area contributed by atoms with Crippen molar-refractivity contribution >= 4 is 13.6 Å². The van der Waals surface area contributed by atoms with Gasteiger partial charge in [0, 0.05) is 12.8 Å². The molecule has 0 amide bonds. The van der Waals surface area contributed by atoms with Crippen LogP contribution in [0, 0.1) is 0 Å². The number of carbonyl (C=O) groups is 1. The molecule has 41 heavy (non-hydrogen) atoms. The predicted octanol–water partition coefficient (Wildman–Crippen LogP) is 8.91. The Morgan fingerprint density at radius 2 is 1.17 bits per heavy atom. The summed E-state index contributed by atoms with van der Waals surface area (Å²) in [5.74, 6) is -0.935. The molecular formula is C33H67NO6P+. The highest BCUT2D eigenvalue weighted by Gasteiger charge is 2.41. The van der Waals surface area contributed by atoms with E-state index in [1.807, 2.05) is 28.1 Å². The van der Waals surface area contributed by atoms with Gasteiger partial charge in [-0.2, -0.15) is 0 Å². The molecular weight excluding hydrogens is 537 g/mol. The molecule has 0 aliphatic rings. The Balaban J connectivity index is 3.57. The minimum Gasteiger partial charge on any atom is -0.463 e. The largest absolute Gasteiger partial charge is 0.463 e. The Kier molecular flexibility index (Phi) is 25.3. The average molecular weight is 605 g/mol. The van der Waals surface area contributed by atoms with Crippen molar-refractivity contribution < 1.29 is 33.1 Å². The molecule has 7 nitrogen and oxygen atoms in total. The van der Waals surface area contributed by atoms with Crippen LogP contribution in [0.1, 0.15) is 149 Å². The van der Waals surface area contributed by atoms with Crippen molar-refractivity contribution in [2.75, 3.05) is 34.4 Å². The SMILES string of the molecule is CCCCCCCCCCCCC/C=C\CCCCCCCCC(=O)OC[C@@H](O)COP(=O)(O)C(CC)[N+](C)(C)C. The summed E-state index contributed by atoms with van der Waals surface area (Å²) in [4.78, 5) is 22.2. The number of esters is 1. The number of hydrogen-bond donors (Lipinski definition) is 2. The number of ether oxygens (including phenoxy) is 1. The highest BCUT2D eigenvalue weighted by Crippen LogP contribution is 2.51. The maximum absolute atomic E-state index is 12.5. The summed E-state index contributed by atoms with van der Waals surface area (Å²) in [7, 11) is 1.58. The van der Waals surface area contributed by atoms with Gasteiger partial charge in [0.1, 0.15) is 12.7 Å². The van der Waals surface area contributed by atoms with Crippen LogP contribution in [-0.2, 0) is 18.6 Å². The van der Waals surface area contributed by atoms with Gasteiger partial charge >= 0.3 is 13.6 Å². The first kappa shape index (κ1) is 40.3. The third-order valence-electron chi connectivity index (χ3n) is 7.67. The molecule has 0 heterocycles. The molecule has 0 rings (SSSR count). The number of aliphatic hydroxyl groups is 1. The second-order valence-corrected chi connectivity index (χ2v) is 14.6. The smallest absolute Gasteiger partial charge is 0.385 e. The number of allylic oxidation sites excluding steroid dienone is 2. The zero-order valence-corrected chi connectivity index (χ0v) is 28.4. The first-order valence-corrected chi connectivity index (χ1v) is 18.5. The Bertz CT molecular complexity index is 694. The van der Waals surface area contributed by atoms with E-state index in [1.54, 1.807) is 0 Å². The zero-order chi connectivity index (χ0) is 30.8. The van der Waals surface area contributed by atoms with E-state index in [0.29, 0.717) is 12.8 Å².